The van der Waals surface area contributed by atoms with Gasteiger partial charge in [-0.15, -0.1) is 0 Å². The Balaban J connectivity index is 2.28. The summed E-state index contributed by atoms with van der Waals surface area (Å²) in [7, 11) is 1.83. The molecule has 0 aliphatic heterocycles. The smallest absolute Gasteiger partial charge is 0.144 e. The maximum absolute atomic E-state index is 4.23. The van der Waals surface area contributed by atoms with E-state index in [1.807, 2.05) is 19.2 Å². The zero-order valence-corrected chi connectivity index (χ0v) is 10.9. The zero-order chi connectivity index (χ0) is 11.4. The summed E-state index contributed by atoms with van der Waals surface area (Å²) in [5.41, 5.74) is 0. The van der Waals surface area contributed by atoms with Gasteiger partial charge in [-0.05, 0) is 28.1 Å². The first-order chi connectivity index (χ1) is 7.81. The topological polar surface area (TPSA) is 50.7 Å². The summed E-state index contributed by atoms with van der Waals surface area (Å²) in [6.45, 7) is 0. The molecule has 0 bridgehead atoms. The Labute approximate surface area is 106 Å². The van der Waals surface area contributed by atoms with Gasteiger partial charge in [0.1, 0.15) is 17.2 Å². The van der Waals surface area contributed by atoms with Crippen LogP contribution in [0.3, 0.4) is 0 Å². The predicted molar refractivity (Wildman–Crippen MR) is 67.6 cm³/mol. The van der Waals surface area contributed by atoms with Crippen LogP contribution in [0.2, 0.25) is 0 Å². The Morgan fingerprint density at radius 2 is 2.00 bits per heavy atom. The maximum atomic E-state index is 4.23. The van der Waals surface area contributed by atoms with Crippen molar-refractivity contribution >= 4 is 33.5 Å². The first kappa shape index (κ1) is 11.3. The standard InChI is InChI=1S/C10H9BrN4S/c1-12-9-8(11)10(15-6-14-9)16-7-2-4-13-5-3-7/h2-6H,1H3,(H,12,14,15). The Kier molecular flexibility index (Phi) is 3.74. The molecule has 0 spiro atoms. The SMILES string of the molecule is CNc1ncnc(Sc2ccncc2)c1Br. The maximum Gasteiger partial charge on any atom is 0.144 e. The van der Waals surface area contributed by atoms with Gasteiger partial charge >= 0.3 is 0 Å². The van der Waals surface area contributed by atoms with Crippen LogP contribution in [-0.2, 0) is 0 Å². The molecule has 6 heteroatoms. The highest BCUT2D eigenvalue weighted by Crippen LogP contribution is 2.34. The normalized spacial score (nSPS) is 10.1. The van der Waals surface area contributed by atoms with Crippen LogP contribution in [0.1, 0.15) is 0 Å². The number of nitrogens with one attached hydrogen (secondary N) is 1. The molecule has 4 nitrogen and oxygen atoms in total. The molecule has 0 saturated carbocycles. The minimum absolute atomic E-state index is 0.784. The summed E-state index contributed by atoms with van der Waals surface area (Å²) in [5, 5.41) is 3.88. The molecule has 0 aromatic carbocycles. The summed E-state index contributed by atoms with van der Waals surface area (Å²) in [5.74, 6) is 0.784. The van der Waals surface area contributed by atoms with Gasteiger partial charge < -0.3 is 5.32 Å². The minimum Gasteiger partial charge on any atom is -0.372 e. The largest absolute Gasteiger partial charge is 0.372 e. The first-order valence-electron chi connectivity index (χ1n) is 4.57. The van der Waals surface area contributed by atoms with Gasteiger partial charge in [0.05, 0.1) is 4.47 Å². The van der Waals surface area contributed by atoms with Gasteiger partial charge in [-0.25, -0.2) is 9.97 Å². The fourth-order valence-corrected chi connectivity index (χ4v) is 2.53. The van der Waals surface area contributed by atoms with E-state index in [-0.39, 0.29) is 0 Å². The third-order valence-electron chi connectivity index (χ3n) is 1.86. The van der Waals surface area contributed by atoms with Crippen molar-refractivity contribution in [1.29, 1.82) is 0 Å². The summed E-state index contributed by atoms with van der Waals surface area (Å²) in [6.07, 6.45) is 5.06. The molecule has 0 aliphatic rings. The molecular formula is C10H9BrN4S. The van der Waals surface area contributed by atoms with Gasteiger partial charge in [-0.2, -0.15) is 0 Å². The number of hydrogen-bond acceptors (Lipinski definition) is 5. The van der Waals surface area contributed by atoms with Crippen LogP contribution in [-0.4, -0.2) is 22.0 Å². The van der Waals surface area contributed by atoms with E-state index in [4.69, 9.17) is 0 Å². The molecule has 0 fully saturated rings. The molecule has 2 aromatic rings. The molecule has 0 aliphatic carbocycles. The van der Waals surface area contributed by atoms with Crippen molar-refractivity contribution in [3.8, 4) is 0 Å². The van der Waals surface area contributed by atoms with E-state index in [9.17, 15) is 0 Å². The van der Waals surface area contributed by atoms with Crippen molar-refractivity contribution in [2.24, 2.45) is 0 Å². The number of hydrogen-bond donors (Lipinski definition) is 1. The summed E-state index contributed by atoms with van der Waals surface area (Å²) < 4.78 is 0.874. The van der Waals surface area contributed by atoms with Crippen LogP contribution < -0.4 is 5.32 Å². The summed E-state index contributed by atoms with van der Waals surface area (Å²) in [6, 6.07) is 3.89. The lowest BCUT2D eigenvalue weighted by Crippen LogP contribution is -1.96. The Hall–Kier alpha value is -1.14. The average molecular weight is 297 g/mol. The van der Waals surface area contributed by atoms with Crippen molar-refractivity contribution in [3.05, 3.63) is 35.3 Å². The van der Waals surface area contributed by atoms with Crippen LogP contribution in [0, 0.1) is 0 Å². The van der Waals surface area contributed by atoms with Crippen molar-refractivity contribution in [1.82, 2.24) is 15.0 Å². The fourth-order valence-electron chi connectivity index (χ4n) is 1.12. The van der Waals surface area contributed by atoms with E-state index in [1.165, 1.54) is 0 Å². The van der Waals surface area contributed by atoms with Gasteiger partial charge in [0.2, 0.25) is 0 Å². The third kappa shape index (κ3) is 2.51. The number of anilines is 1. The van der Waals surface area contributed by atoms with Gasteiger partial charge in [0.15, 0.2) is 0 Å². The highest BCUT2D eigenvalue weighted by molar-refractivity contribution is 9.10. The van der Waals surface area contributed by atoms with Crippen LogP contribution in [0.15, 0.2) is 45.2 Å². The van der Waals surface area contributed by atoms with Gasteiger partial charge in [-0.1, -0.05) is 11.8 Å². The highest BCUT2D eigenvalue weighted by Gasteiger charge is 2.08. The van der Waals surface area contributed by atoms with Crippen LogP contribution in [0.4, 0.5) is 5.82 Å². The van der Waals surface area contributed by atoms with E-state index in [2.05, 4.69) is 36.2 Å². The minimum atomic E-state index is 0.784. The fraction of sp³-hybridized carbons (Fsp3) is 0.100. The molecule has 0 saturated heterocycles. The van der Waals surface area contributed by atoms with Gasteiger partial charge in [-0.3, -0.25) is 4.98 Å². The Morgan fingerprint density at radius 1 is 1.25 bits per heavy atom. The van der Waals surface area contributed by atoms with Crippen LogP contribution in [0.5, 0.6) is 0 Å². The van der Waals surface area contributed by atoms with Crippen molar-refractivity contribution in [2.45, 2.75) is 9.92 Å². The zero-order valence-electron chi connectivity index (χ0n) is 8.51. The van der Waals surface area contributed by atoms with E-state index >= 15 is 0 Å². The molecule has 1 N–H and O–H groups in total. The quantitative estimate of drug-likeness (QED) is 0.883. The molecule has 2 rings (SSSR count). The first-order valence-corrected chi connectivity index (χ1v) is 6.18. The Morgan fingerprint density at radius 3 is 2.69 bits per heavy atom. The summed E-state index contributed by atoms with van der Waals surface area (Å²) in [4.78, 5) is 13.4. The van der Waals surface area contributed by atoms with Gasteiger partial charge in [0.25, 0.3) is 0 Å². The molecule has 0 atom stereocenters. The monoisotopic (exact) mass is 296 g/mol. The predicted octanol–water partition coefficient (Wildman–Crippen LogP) is 2.83. The van der Waals surface area contributed by atoms with Crippen molar-refractivity contribution in [3.63, 3.8) is 0 Å². The van der Waals surface area contributed by atoms with E-state index in [0.29, 0.717) is 0 Å². The second-order valence-corrected chi connectivity index (χ2v) is 4.73. The third-order valence-corrected chi connectivity index (χ3v) is 3.88. The van der Waals surface area contributed by atoms with E-state index < -0.39 is 0 Å². The molecule has 82 valence electrons. The molecule has 2 aromatic heterocycles. The van der Waals surface area contributed by atoms with Gasteiger partial charge in [0, 0.05) is 24.3 Å². The second-order valence-electron chi connectivity index (χ2n) is 2.88. The number of halogens is 1. The van der Waals surface area contributed by atoms with E-state index in [1.54, 1.807) is 30.5 Å². The van der Waals surface area contributed by atoms with Crippen LogP contribution in [0.25, 0.3) is 0 Å². The number of aromatic nitrogens is 3. The lowest BCUT2D eigenvalue weighted by atomic mass is 10.5. The molecule has 0 radical (unpaired) electrons. The van der Waals surface area contributed by atoms with Crippen LogP contribution >= 0.6 is 27.7 Å². The van der Waals surface area contributed by atoms with Crippen molar-refractivity contribution < 1.29 is 0 Å². The Bertz CT molecular complexity index is 478. The van der Waals surface area contributed by atoms with Crippen molar-refractivity contribution in [2.75, 3.05) is 12.4 Å². The number of nitrogens with zero attached hydrogens (tertiary/aromatic N) is 3. The second kappa shape index (κ2) is 5.27. The lowest BCUT2D eigenvalue weighted by molar-refractivity contribution is 1.02. The molecule has 2 heterocycles. The molecule has 16 heavy (non-hydrogen) atoms. The lowest BCUT2D eigenvalue weighted by Gasteiger charge is -2.06. The number of pyridine rings is 1. The molecular weight excluding hydrogens is 288 g/mol. The molecule has 0 amide bonds. The van der Waals surface area contributed by atoms with E-state index in [0.717, 1.165) is 20.2 Å². The summed E-state index contributed by atoms with van der Waals surface area (Å²) >= 11 is 5.04. The highest BCUT2D eigenvalue weighted by atomic mass is 79.9. The molecule has 0 unspecified atom stereocenters. The number of rotatable bonds is 3. The average Bonchev–Trinajstić information content (AvgIpc) is 2.33.